The van der Waals surface area contributed by atoms with Crippen LogP contribution in [-0.2, 0) is 4.74 Å². The molecule has 1 atom stereocenters. The number of halogens is 1. The number of hydrogen-bond acceptors (Lipinski definition) is 4. The Bertz CT molecular complexity index is 1190. The molecule has 1 aliphatic rings. The van der Waals surface area contributed by atoms with Crippen LogP contribution in [0.4, 0.5) is 0 Å². The predicted molar refractivity (Wildman–Crippen MR) is 112 cm³/mol. The van der Waals surface area contributed by atoms with Gasteiger partial charge in [0.05, 0.1) is 12.2 Å². The maximum atomic E-state index is 13.4. The molecule has 0 aliphatic carbocycles. The lowest BCUT2D eigenvalue weighted by Gasteiger charge is -2.07. The number of fused-ring (bicyclic) bond motifs is 1. The minimum absolute atomic E-state index is 0.126. The van der Waals surface area contributed by atoms with E-state index in [1.54, 1.807) is 24.3 Å². The molecule has 5 heteroatoms. The quantitative estimate of drug-likeness (QED) is 0.303. The molecule has 0 bridgehead atoms. The largest absolute Gasteiger partial charge is 0.491 e. The van der Waals surface area contributed by atoms with Crippen LogP contribution in [0.25, 0.3) is 22.3 Å². The number of benzene rings is 3. The molecule has 0 saturated carbocycles. The molecule has 4 aromatic rings. The minimum Gasteiger partial charge on any atom is -0.491 e. The number of furan rings is 1. The molecule has 0 amide bonds. The molecule has 1 aliphatic heterocycles. The topological polar surface area (TPSA) is 52.0 Å². The van der Waals surface area contributed by atoms with E-state index in [4.69, 9.17) is 25.5 Å². The Morgan fingerprint density at radius 2 is 1.83 bits per heavy atom. The number of carbonyl (C=O) groups excluding carboxylic acids is 1. The third kappa shape index (κ3) is 3.65. The van der Waals surface area contributed by atoms with Gasteiger partial charge in [-0.2, -0.15) is 0 Å². The Morgan fingerprint density at radius 1 is 1.03 bits per heavy atom. The van der Waals surface area contributed by atoms with E-state index in [1.807, 2.05) is 48.5 Å². The summed E-state index contributed by atoms with van der Waals surface area (Å²) in [6, 6.07) is 22.0. The van der Waals surface area contributed by atoms with Crippen LogP contribution in [-0.4, -0.2) is 25.1 Å². The standard InChI is InChI=1S/C24H17ClO4/c25-17-5-3-4-16(12-17)23(26)22-20-6-1-2-7-21(20)29-24(22)15-8-10-18(11-9-15)27-13-19-14-28-19/h1-12,19H,13-14H2. The van der Waals surface area contributed by atoms with Crippen molar-refractivity contribution < 1.29 is 18.7 Å². The fourth-order valence-electron chi connectivity index (χ4n) is 3.30. The number of rotatable bonds is 6. The van der Waals surface area contributed by atoms with E-state index in [-0.39, 0.29) is 11.9 Å². The summed E-state index contributed by atoms with van der Waals surface area (Å²) in [4.78, 5) is 13.4. The van der Waals surface area contributed by atoms with Crippen LogP contribution in [0.2, 0.25) is 5.02 Å². The Kier molecular flexibility index (Phi) is 4.58. The summed E-state index contributed by atoms with van der Waals surface area (Å²) in [5.74, 6) is 1.16. The monoisotopic (exact) mass is 404 g/mol. The highest BCUT2D eigenvalue weighted by molar-refractivity contribution is 6.31. The zero-order valence-corrected chi connectivity index (χ0v) is 16.2. The van der Waals surface area contributed by atoms with Gasteiger partial charge in [-0.1, -0.05) is 41.9 Å². The maximum Gasteiger partial charge on any atom is 0.197 e. The molecule has 0 spiro atoms. The van der Waals surface area contributed by atoms with E-state index in [2.05, 4.69) is 0 Å². The van der Waals surface area contributed by atoms with E-state index in [0.717, 1.165) is 23.3 Å². The first kappa shape index (κ1) is 18.0. The number of ether oxygens (including phenoxy) is 2. The van der Waals surface area contributed by atoms with Crippen molar-refractivity contribution >= 4 is 28.4 Å². The molecule has 0 N–H and O–H groups in total. The third-order valence-electron chi connectivity index (χ3n) is 4.86. The zero-order valence-electron chi connectivity index (χ0n) is 15.4. The van der Waals surface area contributed by atoms with Crippen molar-refractivity contribution in [3.8, 4) is 17.1 Å². The van der Waals surface area contributed by atoms with Crippen LogP contribution in [0.15, 0.2) is 77.2 Å². The first-order valence-electron chi connectivity index (χ1n) is 9.36. The van der Waals surface area contributed by atoms with Gasteiger partial charge < -0.3 is 13.9 Å². The van der Waals surface area contributed by atoms with Crippen molar-refractivity contribution in [3.63, 3.8) is 0 Å². The molecule has 144 valence electrons. The van der Waals surface area contributed by atoms with Gasteiger partial charge >= 0.3 is 0 Å². The van der Waals surface area contributed by atoms with Crippen LogP contribution in [0.5, 0.6) is 5.75 Å². The van der Waals surface area contributed by atoms with Crippen LogP contribution in [0.1, 0.15) is 15.9 Å². The average Bonchev–Trinajstić information content (AvgIpc) is 3.50. The first-order valence-corrected chi connectivity index (χ1v) is 9.73. The number of ketones is 1. The van der Waals surface area contributed by atoms with E-state index < -0.39 is 0 Å². The number of epoxide rings is 1. The van der Waals surface area contributed by atoms with Crippen LogP contribution < -0.4 is 4.74 Å². The van der Waals surface area contributed by atoms with Gasteiger partial charge in [-0.05, 0) is 42.5 Å². The fourth-order valence-corrected chi connectivity index (χ4v) is 3.49. The normalized spacial score (nSPS) is 15.4. The van der Waals surface area contributed by atoms with Crippen molar-refractivity contribution in [2.24, 2.45) is 0 Å². The first-order chi connectivity index (χ1) is 14.2. The Morgan fingerprint density at radius 3 is 2.59 bits per heavy atom. The van der Waals surface area contributed by atoms with Crippen molar-refractivity contribution in [2.45, 2.75) is 6.10 Å². The van der Waals surface area contributed by atoms with E-state index >= 15 is 0 Å². The smallest absolute Gasteiger partial charge is 0.197 e. The van der Waals surface area contributed by atoms with Crippen molar-refractivity contribution in [1.82, 2.24) is 0 Å². The Balaban J connectivity index is 1.56. The molecule has 1 fully saturated rings. The summed E-state index contributed by atoms with van der Waals surface area (Å²) < 4.78 is 17.0. The molecule has 3 aromatic carbocycles. The molecule has 4 nitrogen and oxygen atoms in total. The van der Waals surface area contributed by atoms with Crippen molar-refractivity contribution in [2.75, 3.05) is 13.2 Å². The van der Waals surface area contributed by atoms with Crippen LogP contribution in [0.3, 0.4) is 0 Å². The zero-order chi connectivity index (χ0) is 19.8. The van der Waals surface area contributed by atoms with Crippen LogP contribution >= 0.6 is 11.6 Å². The summed E-state index contributed by atoms with van der Waals surface area (Å²) in [7, 11) is 0. The average molecular weight is 405 g/mol. The van der Waals surface area contributed by atoms with Gasteiger partial charge in [0, 0.05) is 21.5 Å². The Labute approximate surface area is 172 Å². The highest BCUT2D eigenvalue weighted by Crippen LogP contribution is 2.36. The second-order valence-corrected chi connectivity index (χ2v) is 7.37. The molecule has 1 saturated heterocycles. The molecular weight excluding hydrogens is 388 g/mol. The molecule has 2 heterocycles. The molecule has 5 rings (SSSR count). The molecule has 1 unspecified atom stereocenters. The second-order valence-electron chi connectivity index (χ2n) is 6.93. The van der Waals surface area contributed by atoms with Gasteiger partial charge in [0.25, 0.3) is 0 Å². The lowest BCUT2D eigenvalue weighted by atomic mass is 9.97. The fraction of sp³-hybridized carbons (Fsp3) is 0.125. The molecular formula is C24H17ClO4. The summed E-state index contributed by atoms with van der Waals surface area (Å²) in [6.45, 7) is 1.30. The van der Waals surface area contributed by atoms with Gasteiger partial charge in [-0.3, -0.25) is 4.79 Å². The Hall–Kier alpha value is -3.08. The van der Waals surface area contributed by atoms with Crippen LogP contribution in [0, 0.1) is 0 Å². The van der Waals surface area contributed by atoms with Gasteiger partial charge in [0.1, 0.15) is 29.8 Å². The summed E-state index contributed by atoms with van der Waals surface area (Å²) in [5, 5.41) is 1.30. The van der Waals surface area contributed by atoms with E-state index in [9.17, 15) is 4.79 Å². The SMILES string of the molecule is O=C(c1cccc(Cl)c1)c1c(-c2ccc(OCC3CO3)cc2)oc2ccccc12. The molecule has 1 aromatic heterocycles. The van der Waals surface area contributed by atoms with Gasteiger partial charge in [0.2, 0.25) is 0 Å². The summed E-state index contributed by atoms with van der Waals surface area (Å²) >= 11 is 6.10. The second kappa shape index (κ2) is 7.39. The predicted octanol–water partition coefficient (Wildman–Crippen LogP) is 5.76. The van der Waals surface area contributed by atoms with Crippen molar-refractivity contribution in [1.29, 1.82) is 0 Å². The highest BCUT2D eigenvalue weighted by atomic mass is 35.5. The lowest BCUT2D eigenvalue weighted by Crippen LogP contribution is -2.04. The van der Waals surface area contributed by atoms with Gasteiger partial charge in [-0.15, -0.1) is 0 Å². The summed E-state index contributed by atoms with van der Waals surface area (Å²) in [6.07, 6.45) is 0.201. The summed E-state index contributed by atoms with van der Waals surface area (Å²) in [5.41, 5.74) is 2.53. The maximum absolute atomic E-state index is 13.4. The van der Waals surface area contributed by atoms with Gasteiger partial charge in [0.15, 0.2) is 5.78 Å². The molecule has 29 heavy (non-hydrogen) atoms. The molecule has 0 radical (unpaired) electrons. The third-order valence-corrected chi connectivity index (χ3v) is 5.10. The number of para-hydroxylation sites is 1. The van der Waals surface area contributed by atoms with E-state index in [1.165, 1.54) is 0 Å². The van der Waals surface area contributed by atoms with Crippen molar-refractivity contribution in [3.05, 3.63) is 88.9 Å². The van der Waals surface area contributed by atoms with Gasteiger partial charge in [-0.25, -0.2) is 0 Å². The number of carbonyl (C=O) groups is 1. The highest BCUT2D eigenvalue weighted by Gasteiger charge is 2.24. The number of hydrogen-bond donors (Lipinski definition) is 0. The lowest BCUT2D eigenvalue weighted by molar-refractivity contribution is 0.104. The van der Waals surface area contributed by atoms with E-state index in [0.29, 0.717) is 34.1 Å². The minimum atomic E-state index is -0.126.